The summed E-state index contributed by atoms with van der Waals surface area (Å²) in [6, 6.07) is 0. The molecule has 1 saturated carbocycles. The highest BCUT2D eigenvalue weighted by Crippen LogP contribution is 2.21. The van der Waals surface area contributed by atoms with Crippen LogP contribution in [-0.2, 0) is 9.53 Å². The maximum Gasteiger partial charge on any atom is 0.306 e. The minimum Gasteiger partial charge on any atom is -0.462 e. The third kappa shape index (κ3) is 7.15. The number of esters is 1. The number of carbonyl (C=O) groups is 1. The van der Waals surface area contributed by atoms with E-state index in [1.54, 1.807) is 0 Å². The van der Waals surface area contributed by atoms with Gasteiger partial charge >= 0.3 is 5.97 Å². The van der Waals surface area contributed by atoms with Crippen molar-refractivity contribution in [3.05, 3.63) is 0 Å². The fourth-order valence-electron chi connectivity index (χ4n) is 3.07. The number of hydrogen-bond acceptors (Lipinski definition) is 3. The van der Waals surface area contributed by atoms with Crippen molar-refractivity contribution in [1.29, 1.82) is 0 Å². The van der Waals surface area contributed by atoms with Gasteiger partial charge < -0.3 is 15.4 Å². The van der Waals surface area contributed by atoms with Gasteiger partial charge in [-0.1, -0.05) is 12.8 Å². The standard InChI is InChI=1S/C16H29N3O2.HI/c17-16(19-12-5-1-2-6-13-19)18-11-7-10-15(20)21-14-8-3-4-9-14;/h14H,1-13H2,(H2,17,18);1H. The van der Waals surface area contributed by atoms with Crippen LogP contribution in [0.3, 0.4) is 0 Å². The summed E-state index contributed by atoms with van der Waals surface area (Å²) in [5.41, 5.74) is 6.03. The Labute approximate surface area is 151 Å². The molecule has 1 aliphatic heterocycles. The van der Waals surface area contributed by atoms with Crippen molar-refractivity contribution < 1.29 is 9.53 Å². The van der Waals surface area contributed by atoms with Crippen molar-refractivity contribution >= 4 is 35.9 Å². The van der Waals surface area contributed by atoms with Crippen molar-refractivity contribution in [2.75, 3.05) is 19.6 Å². The summed E-state index contributed by atoms with van der Waals surface area (Å²) in [6.07, 6.45) is 10.8. The first-order valence-corrected chi connectivity index (χ1v) is 8.50. The van der Waals surface area contributed by atoms with Crippen LogP contribution in [0.25, 0.3) is 0 Å². The van der Waals surface area contributed by atoms with E-state index in [-0.39, 0.29) is 36.0 Å². The maximum absolute atomic E-state index is 11.7. The van der Waals surface area contributed by atoms with Gasteiger partial charge in [-0.15, -0.1) is 24.0 Å². The van der Waals surface area contributed by atoms with Crippen LogP contribution >= 0.6 is 24.0 Å². The largest absolute Gasteiger partial charge is 0.462 e. The molecule has 128 valence electrons. The highest BCUT2D eigenvalue weighted by atomic mass is 127. The number of nitrogens with two attached hydrogens (primary N) is 1. The molecule has 0 amide bonds. The van der Waals surface area contributed by atoms with Gasteiger partial charge in [0.2, 0.25) is 0 Å². The monoisotopic (exact) mass is 423 g/mol. The second-order valence-electron chi connectivity index (χ2n) is 6.14. The fourth-order valence-corrected chi connectivity index (χ4v) is 3.07. The zero-order chi connectivity index (χ0) is 14.9. The second kappa shape index (κ2) is 11.1. The lowest BCUT2D eigenvalue weighted by molar-refractivity contribution is -0.148. The molecule has 0 aromatic carbocycles. The number of carbonyl (C=O) groups excluding carboxylic acids is 1. The predicted octanol–water partition coefficient (Wildman–Crippen LogP) is 3.06. The first-order chi connectivity index (χ1) is 10.3. The minimum atomic E-state index is -0.0783. The fraction of sp³-hybridized carbons (Fsp3) is 0.875. The summed E-state index contributed by atoms with van der Waals surface area (Å²) >= 11 is 0. The molecule has 1 heterocycles. The molecule has 0 aromatic rings. The predicted molar refractivity (Wildman–Crippen MR) is 99.5 cm³/mol. The van der Waals surface area contributed by atoms with E-state index in [1.165, 1.54) is 38.5 Å². The van der Waals surface area contributed by atoms with Gasteiger partial charge in [0.05, 0.1) is 0 Å². The van der Waals surface area contributed by atoms with Crippen LogP contribution in [0.4, 0.5) is 0 Å². The van der Waals surface area contributed by atoms with Crippen molar-refractivity contribution in [3.63, 3.8) is 0 Å². The van der Waals surface area contributed by atoms with Crippen molar-refractivity contribution in [2.24, 2.45) is 10.7 Å². The van der Waals surface area contributed by atoms with Crippen LogP contribution in [0.5, 0.6) is 0 Å². The van der Waals surface area contributed by atoms with Gasteiger partial charge in [-0.05, 0) is 44.9 Å². The molecule has 2 rings (SSSR count). The molecule has 0 spiro atoms. The summed E-state index contributed by atoms with van der Waals surface area (Å²) in [4.78, 5) is 18.3. The van der Waals surface area contributed by atoms with Crippen LogP contribution in [0, 0.1) is 0 Å². The first-order valence-electron chi connectivity index (χ1n) is 8.50. The summed E-state index contributed by atoms with van der Waals surface area (Å²) in [5.74, 6) is 0.562. The van der Waals surface area contributed by atoms with E-state index < -0.39 is 0 Å². The lowest BCUT2D eigenvalue weighted by Crippen LogP contribution is -2.38. The van der Waals surface area contributed by atoms with E-state index in [0.717, 1.165) is 32.4 Å². The summed E-state index contributed by atoms with van der Waals surface area (Å²) < 4.78 is 5.42. The Morgan fingerprint density at radius 3 is 2.36 bits per heavy atom. The van der Waals surface area contributed by atoms with Crippen molar-refractivity contribution in [2.45, 2.75) is 70.3 Å². The molecule has 0 atom stereocenters. The molecule has 0 bridgehead atoms. The number of likely N-dealkylation sites (tertiary alicyclic amines) is 1. The summed E-state index contributed by atoms with van der Waals surface area (Å²) in [5, 5.41) is 0. The molecule has 1 saturated heterocycles. The average molecular weight is 423 g/mol. The maximum atomic E-state index is 11.7. The molecule has 2 fully saturated rings. The van der Waals surface area contributed by atoms with Crippen LogP contribution in [0.1, 0.15) is 64.2 Å². The topological polar surface area (TPSA) is 67.9 Å². The summed E-state index contributed by atoms with van der Waals surface area (Å²) in [7, 11) is 0. The highest BCUT2D eigenvalue weighted by Gasteiger charge is 2.18. The number of ether oxygens (including phenoxy) is 1. The quantitative estimate of drug-likeness (QED) is 0.243. The Balaban J connectivity index is 0.00000242. The van der Waals surface area contributed by atoms with Gasteiger partial charge in [-0.2, -0.15) is 0 Å². The van der Waals surface area contributed by atoms with Gasteiger partial charge in [0, 0.05) is 26.1 Å². The third-order valence-corrected chi connectivity index (χ3v) is 4.34. The Morgan fingerprint density at radius 2 is 1.73 bits per heavy atom. The molecule has 6 heteroatoms. The van der Waals surface area contributed by atoms with E-state index in [2.05, 4.69) is 9.89 Å². The SMILES string of the molecule is I.NC(=NCCCC(=O)OC1CCCC1)N1CCCCCC1. The van der Waals surface area contributed by atoms with Gasteiger partial charge in [0.25, 0.3) is 0 Å². The molecule has 1 aliphatic carbocycles. The van der Waals surface area contributed by atoms with Gasteiger partial charge in [0.15, 0.2) is 5.96 Å². The van der Waals surface area contributed by atoms with E-state index in [4.69, 9.17) is 10.5 Å². The van der Waals surface area contributed by atoms with Crippen LogP contribution < -0.4 is 5.73 Å². The van der Waals surface area contributed by atoms with E-state index in [9.17, 15) is 4.79 Å². The normalized spacial score (nSPS) is 20.4. The molecular formula is C16H30IN3O2. The Hall–Kier alpha value is -0.530. The zero-order valence-electron chi connectivity index (χ0n) is 13.5. The summed E-state index contributed by atoms with van der Waals surface area (Å²) in [6.45, 7) is 2.64. The van der Waals surface area contributed by atoms with Crippen LogP contribution in [0.15, 0.2) is 4.99 Å². The number of hydrogen-bond donors (Lipinski definition) is 1. The molecule has 2 aliphatic rings. The third-order valence-electron chi connectivity index (χ3n) is 4.34. The lowest BCUT2D eigenvalue weighted by atomic mass is 10.2. The molecule has 5 nitrogen and oxygen atoms in total. The zero-order valence-corrected chi connectivity index (χ0v) is 15.8. The Morgan fingerprint density at radius 1 is 1.09 bits per heavy atom. The number of guanidine groups is 1. The van der Waals surface area contributed by atoms with Crippen molar-refractivity contribution in [1.82, 2.24) is 4.90 Å². The Kier molecular flexibility index (Phi) is 9.82. The molecule has 0 aromatic heterocycles. The molecule has 2 N–H and O–H groups in total. The number of aliphatic imine (C=N–C) groups is 1. The second-order valence-corrected chi connectivity index (χ2v) is 6.14. The number of halogens is 1. The average Bonchev–Trinajstić information content (AvgIpc) is 2.83. The highest BCUT2D eigenvalue weighted by molar-refractivity contribution is 14.0. The molecular weight excluding hydrogens is 393 g/mol. The molecule has 22 heavy (non-hydrogen) atoms. The van der Waals surface area contributed by atoms with Gasteiger partial charge in [-0.3, -0.25) is 9.79 Å². The van der Waals surface area contributed by atoms with Crippen LogP contribution in [-0.4, -0.2) is 42.6 Å². The molecule has 0 unspecified atom stereocenters. The number of rotatable bonds is 5. The van der Waals surface area contributed by atoms with Gasteiger partial charge in [-0.25, -0.2) is 0 Å². The van der Waals surface area contributed by atoms with E-state index in [1.807, 2.05) is 0 Å². The van der Waals surface area contributed by atoms with E-state index in [0.29, 0.717) is 18.9 Å². The Bertz CT molecular complexity index is 349. The lowest BCUT2D eigenvalue weighted by Gasteiger charge is -2.21. The van der Waals surface area contributed by atoms with Gasteiger partial charge in [0.1, 0.15) is 6.10 Å². The van der Waals surface area contributed by atoms with Crippen LogP contribution in [0.2, 0.25) is 0 Å². The smallest absolute Gasteiger partial charge is 0.306 e. The first kappa shape index (κ1) is 19.5. The minimum absolute atomic E-state index is 0. The molecule has 0 radical (unpaired) electrons. The van der Waals surface area contributed by atoms with E-state index >= 15 is 0 Å². The number of nitrogens with zero attached hydrogens (tertiary/aromatic N) is 2. The van der Waals surface area contributed by atoms with Crippen molar-refractivity contribution in [3.8, 4) is 0 Å².